The van der Waals surface area contributed by atoms with Crippen LogP contribution in [0.25, 0.3) is 16.6 Å². The molecule has 3 rings (SSSR count). The molecule has 0 aliphatic carbocycles. The van der Waals surface area contributed by atoms with Crippen molar-refractivity contribution in [3.05, 3.63) is 60.4 Å². The minimum absolute atomic E-state index is 0.214. The highest BCUT2D eigenvalue weighted by Gasteiger charge is 2.07. The third kappa shape index (κ3) is 2.11. The largest absolute Gasteiger partial charge is 0.330 e. The Morgan fingerprint density at radius 1 is 1.21 bits per heavy atom. The maximum Gasteiger partial charge on any atom is 0.131 e. The van der Waals surface area contributed by atoms with Crippen LogP contribution in [-0.4, -0.2) is 15.9 Å². The molecule has 4 heteroatoms. The summed E-state index contributed by atoms with van der Waals surface area (Å²) in [5.41, 5.74) is 7.95. The summed E-state index contributed by atoms with van der Waals surface area (Å²) >= 11 is 0. The highest BCUT2D eigenvalue weighted by atomic mass is 19.1. The van der Waals surface area contributed by atoms with Crippen molar-refractivity contribution in [3.63, 3.8) is 0 Å². The average molecular weight is 255 g/mol. The Morgan fingerprint density at radius 2 is 2.05 bits per heavy atom. The first-order valence-corrected chi connectivity index (χ1v) is 6.20. The summed E-state index contributed by atoms with van der Waals surface area (Å²) in [6.45, 7) is 0.564. The molecule has 19 heavy (non-hydrogen) atoms. The van der Waals surface area contributed by atoms with Crippen LogP contribution in [0, 0.1) is 5.82 Å². The maximum atomic E-state index is 13.8. The second kappa shape index (κ2) is 4.82. The van der Waals surface area contributed by atoms with Gasteiger partial charge in [-0.3, -0.25) is 0 Å². The van der Waals surface area contributed by atoms with Crippen LogP contribution in [0.3, 0.4) is 0 Å². The zero-order chi connectivity index (χ0) is 13.2. The van der Waals surface area contributed by atoms with Crippen LogP contribution in [0.2, 0.25) is 0 Å². The fraction of sp³-hybridized carbons (Fsp3) is 0.133. The predicted molar refractivity (Wildman–Crippen MR) is 73.3 cm³/mol. The number of halogens is 1. The number of nitrogens with two attached hydrogens (primary N) is 1. The van der Waals surface area contributed by atoms with Gasteiger partial charge in [-0.2, -0.15) is 0 Å². The Kier molecular flexibility index (Phi) is 3.01. The van der Waals surface area contributed by atoms with E-state index in [-0.39, 0.29) is 5.82 Å². The average Bonchev–Trinajstić information content (AvgIpc) is 2.82. The number of rotatable bonds is 3. The van der Waals surface area contributed by atoms with E-state index in [4.69, 9.17) is 5.73 Å². The third-order valence-electron chi connectivity index (χ3n) is 3.16. The van der Waals surface area contributed by atoms with Crippen LogP contribution in [0.5, 0.6) is 0 Å². The third-order valence-corrected chi connectivity index (χ3v) is 3.16. The lowest BCUT2D eigenvalue weighted by Gasteiger charge is -2.05. The van der Waals surface area contributed by atoms with E-state index >= 15 is 0 Å². The van der Waals surface area contributed by atoms with Gasteiger partial charge >= 0.3 is 0 Å². The van der Waals surface area contributed by atoms with Crippen molar-refractivity contribution in [2.24, 2.45) is 5.73 Å². The van der Waals surface area contributed by atoms with Crippen molar-refractivity contribution >= 4 is 5.52 Å². The van der Waals surface area contributed by atoms with Gasteiger partial charge in [0.15, 0.2) is 0 Å². The molecule has 0 aliphatic heterocycles. The second-order valence-electron chi connectivity index (χ2n) is 4.40. The Bertz CT molecular complexity index is 718. The molecule has 0 saturated carbocycles. The van der Waals surface area contributed by atoms with Crippen molar-refractivity contribution in [1.29, 1.82) is 0 Å². The molecule has 0 fully saturated rings. The maximum absolute atomic E-state index is 13.8. The summed E-state index contributed by atoms with van der Waals surface area (Å²) in [7, 11) is 0. The molecule has 0 spiro atoms. The molecule has 0 unspecified atom stereocenters. The first kappa shape index (κ1) is 11.9. The smallest absolute Gasteiger partial charge is 0.131 e. The minimum atomic E-state index is -0.214. The van der Waals surface area contributed by atoms with Gasteiger partial charge in [-0.25, -0.2) is 9.37 Å². The summed E-state index contributed by atoms with van der Waals surface area (Å²) < 4.78 is 15.7. The van der Waals surface area contributed by atoms with E-state index < -0.39 is 0 Å². The molecule has 0 radical (unpaired) electrons. The molecule has 2 heterocycles. The quantitative estimate of drug-likeness (QED) is 0.781. The Hall–Kier alpha value is -2.20. The van der Waals surface area contributed by atoms with Gasteiger partial charge in [0, 0.05) is 18.2 Å². The lowest BCUT2D eigenvalue weighted by Crippen LogP contribution is -2.06. The van der Waals surface area contributed by atoms with E-state index in [9.17, 15) is 4.39 Å². The SMILES string of the molecule is NCCc1ncc2cc(-c3ccccc3F)ccn12. The van der Waals surface area contributed by atoms with Crippen molar-refractivity contribution in [3.8, 4) is 11.1 Å². The zero-order valence-electron chi connectivity index (χ0n) is 10.4. The highest BCUT2D eigenvalue weighted by molar-refractivity contribution is 5.69. The standard InChI is InChI=1S/C15H14FN3/c16-14-4-2-1-3-13(14)11-6-8-19-12(9-11)10-18-15(19)5-7-17/h1-4,6,8-10H,5,7,17H2. The number of hydrogen-bond acceptors (Lipinski definition) is 2. The summed E-state index contributed by atoms with van der Waals surface area (Å²) in [6.07, 6.45) is 4.43. The monoisotopic (exact) mass is 255 g/mol. The van der Waals surface area contributed by atoms with Gasteiger partial charge in [-0.15, -0.1) is 0 Å². The van der Waals surface area contributed by atoms with E-state index in [1.54, 1.807) is 18.3 Å². The van der Waals surface area contributed by atoms with Gasteiger partial charge in [0.1, 0.15) is 11.6 Å². The zero-order valence-corrected chi connectivity index (χ0v) is 10.4. The fourth-order valence-corrected chi connectivity index (χ4v) is 2.23. The predicted octanol–water partition coefficient (Wildman–Crippen LogP) is 2.64. The normalized spacial score (nSPS) is 11.1. The molecule has 0 aliphatic rings. The van der Waals surface area contributed by atoms with E-state index in [2.05, 4.69) is 4.98 Å². The summed E-state index contributed by atoms with van der Waals surface area (Å²) in [5.74, 6) is 0.714. The van der Waals surface area contributed by atoms with E-state index in [0.29, 0.717) is 12.1 Å². The van der Waals surface area contributed by atoms with Gasteiger partial charge in [-0.05, 0) is 30.3 Å². The molecule has 2 aromatic heterocycles. The number of benzene rings is 1. The van der Waals surface area contributed by atoms with Gasteiger partial charge in [0.25, 0.3) is 0 Å². The Morgan fingerprint density at radius 3 is 2.84 bits per heavy atom. The highest BCUT2D eigenvalue weighted by Crippen LogP contribution is 2.24. The number of imidazole rings is 1. The van der Waals surface area contributed by atoms with Crippen molar-refractivity contribution < 1.29 is 4.39 Å². The number of fused-ring (bicyclic) bond motifs is 1. The van der Waals surface area contributed by atoms with Crippen LogP contribution in [0.4, 0.5) is 4.39 Å². The minimum Gasteiger partial charge on any atom is -0.330 e. The molecule has 2 N–H and O–H groups in total. The second-order valence-corrected chi connectivity index (χ2v) is 4.40. The molecule has 0 atom stereocenters. The topological polar surface area (TPSA) is 43.3 Å². The van der Waals surface area contributed by atoms with Crippen molar-refractivity contribution in [2.75, 3.05) is 6.54 Å². The molecule has 1 aromatic carbocycles. The van der Waals surface area contributed by atoms with Crippen molar-refractivity contribution in [1.82, 2.24) is 9.38 Å². The molecule has 0 amide bonds. The summed E-state index contributed by atoms with van der Waals surface area (Å²) in [6, 6.07) is 10.6. The first-order valence-electron chi connectivity index (χ1n) is 6.20. The number of aromatic nitrogens is 2. The number of nitrogens with zero attached hydrogens (tertiary/aromatic N) is 2. The lowest BCUT2D eigenvalue weighted by molar-refractivity contribution is 0.631. The van der Waals surface area contributed by atoms with Crippen molar-refractivity contribution in [2.45, 2.75) is 6.42 Å². The number of hydrogen-bond donors (Lipinski definition) is 1. The molecule has 96 valence electrons. The first-order chi connectivity index (χ1) is 9.29. The molecular weight excluding hydrogens is 241 g/mol. The van der Waals surface area contributed by atoms with Gasteiger partial charge < -0.3 is 10.1 Å². The van der Waals surface area contributed by atoms with Gasteiger partial charge in [0.05, 0.1) is 11.7 Å². The molecular formula is C15H14FN3. The molecule has 0 bridgehead atoms. The number of pyridine rings is 1. The van der Waals surface area contributed by atoms with Crippen LogP contribution >= 0.6 is 0 Å². The van der Waals surface area contributed by atoms with E-state index in [1.165, 1.54) is 6.07 Å². The molecule has 3 aromatic rings. The van der Waals surface area contributed by atoms with Crippen LogP contribution < -0.4 is 5.73 Å². The summed E-state index contributed by atoms with van der Waals surface area (Å²) in [5, 5.41) is 0. The van der Waals surface area contributed by atoms with Crippen LogP contribution in [0.1, 0.15) is 5.82 Å². The fourth-order valence-electron chi connectivity index (χ4n) is 2.23. The molecule has 3 nitrogen and oxygen atoms in total. The van der Waals surface area contributed by atoms with Gasteiger partial charge in [-0.1, -0.05) is 18.2 Å². The van der Waals surface area contributed by atoms with E-state index in [1.807, 2.05) is 28.8 Å². The van der Waals surface area contributed by atoms with E-state index in [0.717, 1.165) is 23.3 Å². The molecule has 0 saturated heterocycles. The summed E-state index contributed by atoms with van der Waals surface area (Å²) in [4.78, 5) is 4.33. The lowest BCUT2D eigenvalue weighted by atomic mass is 10.1. The van der Waals surface area contributed by atoms with Crippen LogP contribution in [0.15, 0.2) is 48.8 Å². The van der Waals surface area contributed by atoms with Gasteiger partial charge in [0.2, 0.25) is 0 Å². The van der Waals surface area contributed by atoms with Crippen LogP contribution in [-0.2, 0) is 6.42 Å². The Balaban J connectivity index is 2.10. The Labute approximate surface area is 110 Å².